The first kappa shape index (κ1) is 21.5. The van der Waals surface area contributed by atoms with Crippen LogP contribution >= 0.6 is 11.8 Å². The molecular weight excluding hydrogens is 408 g/mol. The Labute approximate surface area is 187 Å². The van der Waals surface area contributed by atoms with Crippen molar-refractivity contribution >= 4 is 40.0 Å². The average molecular weight is 437 g/mol. The Bertz CT molecular complexity index is 1050. The van der Waals surface area contributed by atoms with Crippen LogP contribution < -0.4 is 21.1 Å². The summed E-state index contributed by atoms with van der Waals surface area (Å²) in [6, 6.07) is 14.0. The monoisotopic (exact) mass is 436 g/mol. The molecule has 3 unspecified atom stereocenters. The van der Waals surface area contributed by atoms with E-state index < -0.39 is 0 Å². The number of carbonyl (C=O) groups is 1. The fraction of sp³-hybridized carbons (Fsp3) is 0.348. The Balaban J connectivity index is 1.54. The number of anilines is 2. The van der Waals surface area contributed by atoms with Gasteiger partial charge in [0.25, 0.3) is 0 Å². The summed E-state index contributed by atoms with van der Waals surface area (Å²) in [4.78, 5) is 19.3. The van der Waals surface area contributed by atoms with Crippen LogP contribution in [-0.2, 0) is 4.79 Å². The number of fused-ring (bicyclic) bond motifs is 1. The number of hydrogen-bond donors (Lipinski definition) is 4. The highest BCUT2D eigenvalue weighted by atomic mass is 32.2. The number of nitrogens with zero attached hydrogens (tertiary/aromatic N) is 2. The van der Waals surface area contributed by atoms with E-state index in [9.17, 15) is 4.79 Å². The zero-order valence-corrected chi connectivity index (χ0v) is 19.0. The number of hydrazine groups is 1. The van der Waals surface area contributed by atoms with Crippen LogP contribution in [0.3, 0.4) is 0 Å². The predicted molar refractivity (Wildman–Crippen MR) is 129 cm³/mol. The van der Waals surface area contributed by atoms with Gasteiger partial charge in [0.05, 0.1) is 11.7 Å². The molecule has 1 saturated heterocycles. The Kier molecular flexibility index (Phi) is 6.13. The van der Waals surface area contributed by atoms with E-state index in [0.29, 0.717) is 11.0 Å². The highest BCUT2D eigenvalue weighted by Crippen LogP contribution is 2.32. The van der Waals surface area contributed by atoms with Crippen molar-refractivity contribution in [3.63, 3.8) is 0 Å². The lowest BCUT2D eigenvalue weighted by atomic mass is 9.97. The predicted octanol–water partition coefficient (Wildman–Crippen LogP) is 3.58. The SMILES string of the molecule is Cc1cccc(N2C(=N)C3C(C)NNC3N=C2SCC(=O)Nc2ccc(C)c(C)c2)c1. The van der Waals surface area contributed by atoms with E-state index >= 15 is 0 Å². The Morgan fingerprint density at radius 3 is 2.71 bits per heavy atom. The molecule has 1 amide bonds. The van der Waals surface area contributed by atoms with Crippen molar-refractivity contribution in [2.75, 3.05) is 16.0 Å². The van der Waals surface area contributed by atoms with Crippen molar-refractivity contribution in [3.8, 4) is 0 Å². The number of carbonyl (C=O) groups excluding carboxylic acids is 1. The van der Waals surface area contributed by atoms with Gasteiger partial charge in [-0.1, -0.05) is 30.0 Å². The van der Waals surface area contributed by atoms with Crippen molar-refractivity contribution in [2.24, 2.45) is 10.9 Å². The third-order valence-corrected chi connectivity index (χ3v) is 6.67. The molecule has 0 saturated carbocycles. The van der Waals surface area contributed by atoms with Gasteiger partial charge in [0.15, 0.2) is 5.17 Å². The largest absolute Gasteiger partial charge is 0.325 e. The zero-order chi connectivity index (χ0) is 22.1. The van der Waals surface area contributed by atoms with Crippen LogP contribution in [0.5, 0.6) is 0 Å². The first-order valence-electron chi connectivity index (χ1n) is 10.4. The van der Waals surface area contributed by atoms with Gasteiger partial charge in [0, 0.05) is 17.4 Å². The number of aryl methyl sites for hydroxylation is 3. The topological polar surface area (TPSA) is 92.6 Å². The maximum atomic E-state index is 12.6. The lowest BCUT2D eigenvalue weighted by Gasteiger charge is -2.36. The van der Waals surface area contributed by atoms with Gasteiger partial charge in [-0.15, -0.1) is 0 Å². The molecule has 31 heavy (non-hydrogen) atoms. The molecular formula is C23H28N6OS. The molecule has 1 fully saturated rings. The molecule has 0 spiro atoms. The standard InChI is InChI=1S/C23H28N6OS/c1-13-6-5-7-18(10-13)29-21(24)20-16(4)27-28-22(20)26-23(29)31-12-19(30)25-17-9-8-14(2)15(3)11-17/h5-11,16,20,22,24,27-28H,12H2,1-4H3,(H,25,30). The molecule has 4 rings (SSSR count). The van der Waals surface area contributed by atoms with Crippen molar-refractivity contribution < 1.29 is 4.79 Å². The van der Waals surface area contributed by atoms with Crippen molar-refractivity contribution in [3.05, 3.63) is 59.2 Å². The highest BCUT2D eigenvalue weighted by molar-refractivity contribution is 8.14. The van der Waals surface area contributed by atoms with Crippen LogP contribution in [0, 0.1) is 32.1 Å². The Morgan fingerprint density at radius 1 is 1.16 bits per heavy atom. The highest BCUT2D eigenvalue weighted by Gasteiger charge is 2.43. The number of aliphatic imine (C=N–C) groups is 1. The van der Waals surface area contributed by atoms with Gasteiger partial charge >= 0.3 is 0 Å². The molecule has 7 nitrogen and oxygen atoms in total. The van der Waals surface area contributed by atoms with E-state index in [1.165, 1.54) is 17.3 Å². The summed E-state index contributed by atoms with van der Waals surface area (Å²) in [5.41, 5.74) is 11.5. The van der Waals surface area contributed by atoms with Crippen molar-refractivity contribution in [1.82, 2.24) is 10.9 Å². The number of thioether (sulfide) groups is 1. The molecule has 2 aromatic rings. The maximum Gasteiger partial charge on any atom is 0.234 e. The van der Waals surface area contributed by atoms with E-state index in [-0.39, 0.29) is 29.8 Å². The molecule has 0 bridgehead atoms. The van der Waals surface area contributed by atoms with E-state index in [0.717, 1.165) is 22.5 Å². The number of benzene rings is 2. The lowest BCUT2D eigenvalue weighted by Crippen LogP contribution is -2.50. The van der Waals surface area contributed by atoms with Crippen LogP contribution in [0.15, 0.2) is 47.5 Å². The van der Waals surface area contributed by atoms with Crippen LogP contribution in [0.4, 0.5) is 11.4 Å². The minimum atomic E-state index is -0.214. The number of amides is 1. The quantitative estimate of drug-likeness (QED) is 0.588. The number of nitrogens with one attached hydrogen (secondary N) is 4. The van der Waals surface area contributed by atoms with Crippen LogP contribution in [0.25, 0.3) is 0 Å². The van der Waals surface area contributed by atoms with Gasteiger partial charge < -0.3 is 5.32 Å². The molecule has 0 aromatic heterocycles. The summed E-state index contributed by atoms with van der Waals surface area (Å²) in [5, 5.41) is 12.5. The molecule has 4 N–H and O–H groups in total. The second-order valence-electron chi connectivity index (χ2n) is 8.16. The molecule has 0 aliphatic carbocycles. The minimum Gasteiger partial charge on any atom is -0.325 e. The zero-order valence-electron chi connectivity index (χ0n) is 18.2. The van der Waals surface area contributed by atoms with Crippen LogP contribution in [0.1, 0.15) is 23.6 Å². The van der Waals surface area contributed by atoms with E-state index in [1.54, 1.807) is 0 Å². The number of amidine groups is 2. The fourth-order valence-corrected chi connectivity index (χ4v) is 4.72. The minimum absolute atomic E-state index is 0.0748. The normalized spacial score (nSPS) is 22.8. The molecule has 2 aliphatic rings. The molecule has 2 aliphatic heterocycles. The van der Waals surface area contributed by atoms with Crippen molar-refractivity contribution in [2.45, 2.75) is 39.9 Å². The fourth-order valence-electron chi connectivity index (χ4n) is 3.86. The third kappa shape index (κ3) is 4.51. The first-order chi connectivity index (χ1) is 14.8. The van der Waals surface area contributed by atoms with E-state index in [1.807, 2.05) is 75.1 Å². The third-order valence-electron chi connectivity index (χ3n) is 5.72. The van der Waals surface area contributed by atoms with Gasteiger partial charge in [0.1, 0.15) is 12.0 Å². The van der Waals surface area contributed by atoms with Gasteiger partial charge in [-0.25, -0.2) is 10.4 Å². The molecule has 2 aromatic carbocycles. The molecule has 162 valence electrons. The maximum absolute atomic E-state index is 12.6. The van der Waals surface area contributed by atoms with Crippen LogP contribution in [-0.4, -0.2) is 34.9 Å². The van der Waals surface area contributed by atoms with Gasteiger partial charge in [-0.2, -0.15) is 0 Å². The van der Waals surface area contributed by atoms with E-state index in [4.69, 9.17) is 10.4 Å². The van der Waals surface area contributed by atoms with Gasteiger partial charge in [0.2, 0.25) is 5.91 Å². The lowest BCUT2D eigenvalue weighted by molar-refractivity contribution is -0.113. The first-order valence-corrected chi connectivity index (χ1v) is 11.4. The second kappa shape index (κ2) is 8.82. The summed E-state index contributed by atoms with van der Waals surface area (Å²) < 4.78 is 0. The van der Waals surface area contributed by atoms with E-state index in [2.05, 4.69) is 16.2 Å². The van der Waals surface area contributed by atoms with Gasteiger partial charge in [-0.3, -0.25) is 20.5 Å². The number of rotatable bonds is 4. The van der Waals surface area contributed by atoms with Gasteiger partial charge in [-0.05, 0) is 68.7 Å². The summed E-state index contributed by atoms with van der Waals surface area (Å²) in [5.74, 6) is 0.517. The molecule has 8 heteroatoms. The average Bonchev–Trinajstić information content (AvgIpc) is 3.10. The molecule has 2 heterocycles. The second-order valence-corrected chi connectivity index (χ2v) is 9.10. The summed E-state index contributed by atoms with van der Waals surface area (Å²) in [6.07, 6.45) is -0.214. The summed E-state index contributed by atoms with van der Waals surface area (Å²) >= 11 is 1.35. The Hall–Kier alpha value is -2.68. The molecule has 3 atom stereocenters. The van der Waals surface area contributed by atoms with Crippen LogP contribution in [0.2, 0.25) is 0 Å². The smallest absolute Gasteiger partial charge is 0.234 e. The molecule has 0 radical (unpaired) electrons. The van der Waals surface area contributed by atoms with Crippen molar-refractivity contribution in [1.29, 1.82) is 5.41 Å². The summed E-state index contributed by atoms with van der Waals surface area (Å²) in [6.45, 7) is 8.15. The summed E-state index contributed by atoms with van der Waals surface area (Å²) in [7, 11) is 0. The Morgan fingerprint density at radius 2 is 1.97 bits per heavy atom. The number of hydrogen-bond acceptors (Lipinski definition) is 6.